The van der Waals surface area contributed by atoms with E-state index in [4.69, 9.17) is 4.74 Å². The summed E-state index contributed by atoms with van der Waals surface area (Å²) >= 11 is 0. The molecule has 6 nitrogen and oxygen atoms in total. The summed E-state index contributed by atoms with van der Waals surface area (Å²) < 4.78 is 19.1. The molecule has 0 heterocycles. The third-order valence-corrected chi connectivity index (χ3v) is 4.68. The van der Waals surface area contributed by atoms with Gasteiger partial charge >= 0.3 is 0 Å². The number of benzene rings is 3. The van der Waals surface area contributed by atoms with Gasteiger partial charge in [0.25, 0.3) is 11.8 Å². The third kappa shape index (κ3) is 6.52. The molecule has 0 aliphatic rings. The van der Waals surface area contributed by atoms with Crippen molar-refractivity contribution < 1.29 is 18.7 Å². The fourth-order valence-corrected chi connectivity index (χ4v) is 3.05. The molecule has 33 heavy (non-hydrogen) atoms. The second-order valence-corrected chi connectivity index (χ2v) is 7.33. The summed E-state index contributed by atoms with van der Waals surface area (Å²) in [6.45, 7) is 3.50. The summed E-state index contributed by atoms with van der Waals surface area (Å²) in [6.07, 6.45) is 1.44. The molecule has 3 rings (SSSR count). The van der Waals surface area contributed by atoms with Gasteiger partial charge in [0.1, 0.15) is 23.2 Å². The van der Waals surface area contributed by atoms with Crippen LogP contribution in [0.25, 0.3) is 6.08 Å². The van der Waals surface area contributed by atoms with Gasteiger partial charge in [0, 0.05) is 5.69 Å². The average molecular weight is 443 g/mol. The molecule has 0 saturated heterocycles. The highest BCUT2D eigenvalue weighted by Crippen LogP contribution is 2.19. The number of carbonyl (C=O) groups excluding carboxylic acids is 2. The fraction of sp³-hybridized carbons (Fsp3) is 0.115. The molecule has 2 N–H and O–H groups in total. The first-order chi connectivity index (χ1) is 15.9. The van der Waals surface area contributed by atoms with Crippen molar-refractivity contribution in [2.24, 2.45) is 0 Å². The quantitative estimate of drug-likeness (QED) is 0.397. The van der Waals surface area contributed by atoms with Crippen LogP contribution >= 0.6 is 0 Å². The monoisotopic (exact) mass is 443 g/mol. The smallest absolute Gasteiger partial charge is 0.266 e. The Morgan fingerprint density at radius 3 is 2.52 bits per heavy atom. The van der Waals surface area contributed by atoms with Crippen molar-refractivity contribution in [2.45, 2.75) is 13.8 Å². The Morgan fingerprint density at radius 1 is 1.00 bits per heavy atom. The highest BCUT2D eigenvalue weighted by molar-refractivity contribution is 6.10. The molecular formula is C26H22FN3O3. The normalized spacial score (nSPS) is 10.8. The average Bonchev–Trinajstić information content (AvgIpc) is 2.79. The molecule has 3 aromatic carbocycles. The predicted molar refractivity (Wildman–Crippen MR) is 125 cm³/mol. The van der Waals surface area contributed by atoms with Crippen LogP contribution in [0.3, 0.4) is 0 Å². The van der Waals surface area contributed by atoms with E-state index in [1.807, 2.05) is 32.0 Å². The number of ether oxygens (including phenoxy) is 1. The Labute approximate surface area is 191 Å². The lowest BCUT2D eigenvalue weighted by Gasteiger charge is -2.09. The SMILES string of the molecule is Cc1ccc(NC(=O)/C(C#N)=C/c2cccc(OCC(=O)Nc3ccccc3F)c2)c(C)c1. The number of carbonyl (C=O) groups is 2. The molecule has 0 aromatic heterocycles. The van der Waals surface area contributed by atoms with E-state index in [9.17, 15) is 19.2 Å². The highest BCUT2D eigenvalue weighted by atomic mass is 19.1. The van der Waals surface area contributed by atoms with E-state index < -0.39 is 17.6 Å². The molecule has 0 bridgehead atoms. The van der Waals surface area contributed by atoms with Crippen molar-refractivity contribution >= 4 is 29.3 Å². The molecule has 2 amide bonds. The van der Waals surface area contributed by atoms with Crippen LogP contribution in [0.5, 0.6) is 5.75 Å². The Balaban J connectivity index is 1.65. The number of hydrogen-bond acceptors (Lipinski definition) is 4. The van der Waals surface area contributed by atoms with Crippen LogP contribution in [0.15, 0.2) is 72.3 Å². The van der Waals surface area contributed by atoms with Gasteiger partial charge in [-0.3, -0.25) is 9.59 Å². The molecule has 0 fully saturated rings. The van der Waals surface area contributed by atoms with E-state index in [0.29, 0.717) is 17.0 Å². The van der Waals surface area contributed by atoms with Crippen LogP contribution in [0.2, 0.25) is 0 Å². The minimum atomic E-state index is -0.541. The number of para-hydroxylation sites is 1. The lowest BCUT2D eigenvalue weighted by atomic mass is 10.1. The van der Waals surface area contributed by atoms with Gasteiger partial charge < -0.3 is 15.4 Å². The van der Waals surface area contributed by atoms with Gasteiger partial charge in [0.2, 0.25) is 0 Å². The van der Waals surface area contributed by atoms with Gasteiger partial charge in [-0.1, -0.05) is 42.0 Å². The number of halogens is 1. The topological polar surface area (TPSA) is 91.2 Å². The molecule has 0 aliphatic carbocycles. The molecule has 0 aliphatic heterocycles. The zero-order valence-corrected chi connectivity index (χ0v) is 18.2. The van der Waals surface area contributed by atoms with Gasteiger partial charge in [0.05, 0.1) is 5.69 Å². The van der Waals surface area contributed by atoms with Crippen molar-refractivity contribution in [1.29, 1.82) is 5.26 Å². The summed E-state index contributed by atoms with van der Waals surface area (Å²) in [5, 5.41) is 14.6. The summed E-state index contributed by atoms with van der Waals surface area (Å²) in [6, 6.07) is 20.0. The van der Waals surface area contributed by atoms with Gasteiger partial charge in [-0.25, -0.2) is 4.39 Å². The predicted octanol–water partition coefficient (Wildman–Crippen LogP) is 5.01. The first-order valence-corrected chi connectivity index (χ1v) is 10.1. The van der Waals surface area contributed by atoms with Gasteiger partial charge in [0.15, 0.2) is 6.61 Å². The fourth-order valence-electron chi connectivity index (χ4n) is 3.05. The van der Waals surface area contributed by atoms with Crippen LogP contribution < -0.4 is 15.4 Å². The molecule has 0 saturated carbocycles. The summed E-state index contributed by atoms with van der Waals surface area (Å²) in [5.41, 5.74) is 3.13. The molecule has 7 heteroatoms. The van der Waals surface area contributed by atoms with Crippen molar-refractivity contribution in [2.75, 3.05) is 17.2 Å². The summed E-state index contributed by atoms with van der Waals surface area (Å²) in [4.78, 5) is 24.6. The third-order valence-electron chi connectivity index (χ3n) is 4.68. The number of nitriles is 1. The molecule has 0 atom stereocenters. The Morgan fingerprint density at radius 2 is 1.79 bits per heavy atom. The van der Waals surface area contributed by atoms with Gasteiger partial charge in [-0.2, -0.15) is 5.26 Å². The van der Waals surface area contributed by atoms with E-state index in [1.165, 1.54) is 24.3 Å². The van der Waals surface area contributed by atoms with E-state index >= 15 is 0 Å². The maximum Gasteiger partial charge on any atom is 0.266 e. The van der Waals surface area contributed by atoms with Crippen molar-refractivity contribution in [3.8, 4) is 11.8 Å². The first kappa shape index (κ1) is 23.2. The lowest BCUT2D eigenvalue weighted by Crippen LogP contribution is -2.20. The number of hydrogen-bond donors (Lipinski definition) is 2. The molecule has 3 aromatic rings. The minimum absolute atomic E-state index is 0.0660. The molecule has 0 spiro atoms. The highest BCUT2D eigenvalue weighted by Gasteiger charge is 2.12. The minimum Gasteiger partial charge on any atom is -0.484 e. The maximum absolute atomic E-state index is 13.6. The standard InChI is InChI=1S/C26H22FN3O3/c1-17-10-11-23(18(2)12-17)30-26(32)20(15-28)13-19-6-5-7-21(14-19)33-16-25(31)29-24-9-4-3-8-22(24)27/h3-14H,16H2,1-2H3,(H,29,31)(H,30,32)/b20-13+. The van der Waals surface area contributed by atoms with Gasteiger partial charge in [-0.05, 0) is 61.4 Å². The van der Waals surface area contributed by atoms with Crippen LogP contribution in [0.4, 0.5) is 15.8 Å². The van der Waals surface area contributed by atoms with E-state index in [2.05, 4.69) is 10.6 Å². The van der Waals surface area contributed by atoms with E-state index in [-0.39, 0.29) is 17.9 Å². The largest absolute Gasteiger partial charge is 0.484 e. The van der Waals surface area contributed by atoms with Crippen LogP contribution in [0, 0.1) is 31.0 Å². The van der Waals surface area contributed by atoms with E-state index in [0.717, 1.165) is 11.1 Å². The van der Waals surface area contributed by atoms with Crippen molar-refractivity contribution in [3.63, 3.8) is 0 Å². The number of nitrogens with one attached hydrogen (secondary N) is 2. The molecule has 166 valence electrons. The number of aryl methyl sites for hydroxylation is 2. The molecular weight excluding hydrogens is 421 g/mol. The lowest BCUT2D eigenvalue weighted by molar-refractivity contribution is -0.118. The Kier molecular flexibility index (Phi) is 7.55. The van der Waals surface area contributed by atoms with Crippen LogP contribution in [-0.4, -0.2) is 18.4 Å². The van der Waals surface area contributed by atoms with Crippen LogP contribution in [-0.2, 0) is 9.59 Å². The zero-order chi connectivity index (χ0) is 23.8. The summed E-state index contributed by atoms with van der Waals surface area (Å²) in [5.74, 6) is -1.23. The number of anilines is 2. The second kappa shape index (κ2) is 10.7. The number of amides is 2. The maximum atomic E-state index is 13.6. The van der Waals surface area contributed by atoms with Gasteiger partial charge in [-0.15, -0.1) is 0 Å². The van der Waals surface area contributed by atoms with E-state index in [1.54, 1.807) is 36.4 Å². The molecule has 0 radical (unpaired) electrons. The number of nitrogens with zero attached hydrogens (tertiary/aromatic N) is 1. The number of rotatable bonds is 7. The van der Waals surface area contributed by atoms with Crippen LogP contribution in [0.1, 0.15) is 16.7 Å². The summed E-state index contributed by atoms with van der Waals surface area (Å²) in [7, 11) is 0. The molecule has 0 unspecified atom stereocenters. The van der Waals surface area contributed by atoms with Crippen molar-refractivity contribution in [1.82, 2.24) is 0 Å². The van der Waals surface area contributed by atoms with Crippen molar-refractivity contribution in [3.05, 3.63) is 94.8 Å². The Bertz CT molecular complexity index is 1260. The first-order valence-electron chi connectivity index (χ1n) is 10.1. The zero-order valence-electron chi connectivity index (χ0n) is 18.2. The Hall–Kier alpha value is -4.44. The second-order valence-electron chi connectivity index (χ2n) is 7.33.